The summed E-state index contributed by atoms with van der Waals surface area (Å²) in [5, 5.41) is 0. The van der Waals surface area contributed by atoms with Crippen molar-refractivity contribution in [3.05, 3.63) is 60.3 Å². The first-order valence-corrected chi connectivity index (χ1v) is 15.4. The number of pyridine rings is 1. The van der Waals surface area contributed by atoms with Gasteiger partial charge in [0.2, 0.25) is 0 Å². The van der Waals surface area contributed by atoms with Gasteiger partial charge in [-0.05, 0) is 131 Å². The van der Waals surface area contributed by atoms with Gasteiger partial charge in [0.05, 0.1) is 5.69 Å². The van der Waals surface area contributed by atoms with E-state index in [-0.39, 0.29) is 10.8 Å². The number of rotatable bonds is 4. The SMILES string of the molecule is c1ccc(-c2cccc(-c3nc(C45CC6CC(CC(C6)C4)C5)nc(C45CC6CC(CC(C6)C4)C5)n3)c2)nc1. The molecule has 0 aliphatic heterocycles. The summed E-state index contributed by atoms with van der Waals surface area (Å²) in [6.45, 7) is 0. The van der Waals surface area contributed by atoms with Crippen molar-refractivity contribution < 1.29 is 0 Å². The first kappa shape index (κ1) is 22.2. The van der Waals surface area contributed by atoms with Gasteiger partial charge in [-0.2, -0.15) is 0 Å². The molecule has 0 spiro atoms. The van der Waals surface area contributed by atoms with Gasteiger partial charge in [0.15, 0.2) is 5.82 Å². The van der Waals surface area contributed by atoms with E-state index in [4.69, 9.17) is 15.0 Å². The van der Waals surface area contributed by atoms with E-state index in [0.717, 1.165) is 69.8 Å². The molecule has 11 rings (SSSR count). The lowest BCUT2D eigenvalue weighted by atomic mass is 9.49. The number of hydrogen-bond donors (Lipinski definition) is 0. The lowest BCUT2D eigenvalue weighted by Crippen LogP contribution is -2.51. The summed E-state index contributed by atoms with van der Waals surface area (Å²) in [6.07, 6.45) is 18.4. The second-order valence-corrected chi connectivity index (χ2v) is 14.5. The Hall–Kier alpha value is -2.62. The smallest absolute Gasteiger partial charge is 0.163 e. The second-order valence-electron chi connectivity index (χ2n) is 14.5. The second kappa shape index (κ2) is 7.96. The van der Waals surface area contributed by atoms with Crippen LogP contribution in [-0.4, -0.2) is 19.9 Å². The zero-order valence-electron chi connectivity index (χ0n) is 22.4. The Labute approximate surface area is 226 Å². The van der Waals surface area contributed by atoms with Gasteiger partial charge >= 0.3 is 0 Å². The third-order valence-corrected chi connectivity index (χ3v) is 11.7. The molecule has 8 aliphatic carbocycles. The largest absolute Gasteiger partial charge is 0.256 e. The van der Waals surface area contributed by atoms with Gasteiger partial charge in [-0.3, -0.25) is 4.98 Å². The molecule has 0 amide bonds. The summed E-state index contributed by atoms with van der Waals surface area (Å²) in [5.41, 5.74) is 3.62. The van der Waals surface area contributed by atoms with Gasteiger partial charge in [-0.1, -0.05) is 24.3 Å². The topological polar surface area (TPSA) is 51.6 Å². The maximum Gasteiger partial charge on any atom is 0.163 e. The van der Waals surface area contributed by atoms with Crippen LogP contribution in [0.25, 0.3) is 22.6 Å². The third-order valence-electron chi connectivity index (χ3n) is 11.7. The molecule has 0 N–H and O–H groups in total. The van der Waals surface area contributed by atoms with Crippen LogP contribution in [0.5, 0.6) is 0 Å². The van der Waals surface area contributed by atoms with Crippen LogP contribution >= 0.6 is 0 Å². The van der Waals surface area contributed by atoms with Crippen molar-refractivity contribution in [3.63, 3.8) is 0 Å². The molecule has 8 bridgehead atoms. The first-order chi connectivity index (χ1) is 18.6. The van der Waals surface area contributed by atoms with Gasteiger partial charge in [0.1, 0.15) is 11.6 Å². The van der Waals surface area contributed by atoms with Crippen LogP contribution < -0.4 is 0 Å². The van der Waals surface area contributed by atoms with Crippen molar-refractivity contribution in [1.29, 1.82) is 0 Å². The normalized spacial score (nSPS) is 40.1. The molecule has 1 aromatic carbocycles. The van der Waals surface area contributed by atoms with Crippen molar-refractivity contribution >= 4 is 0 Å². The molecular formula is C34H38N4. The number of nitrogens with zero attached hydrogens (tertiary/aromatic N) is 4. The Morgan fingerprint density at radius 1 is 0.526 bits per heavy atom. The number of aromatic nitrogens is 4. The molecule has 2 aromatic heterocycles. The fourth-order valence-corrected chi connectivity index (χ4v) is 11.1. The molecule has 4 heteroatoms. The average molecular weight is 503 g/mol. The fraction of sp³-hybridized carbons (Fsp3) is 0.588. The summed E-state index contributed by atoms with van der Waals surface area (Å²) < 4.78 is 0. The Morgan fingerprint density at radius 3 is 1.50 bits per heavy atom. The highest BCUT2D eigenvalue weighted by atomic mass is 15.1. The average Bonchev–Trinajstić information content (AvgIpc) is 2.92. The Balaban J connectivity index is 1.20. The molecule has 0 radical (unpaired) electrons. The van der Waals surface area contributed by atoms with Crippen LogP contribution in [0.15, 0.2) is 48.7 Å². The molecule has 38 heavy (non-hydrogen) atoms. The number of benzene rings is 1. The molecule has 8 aliphatic rings. The van der Waals surface area contributed by atoms with Crippen molar-refractivity contribution in [2.24, 2.45) is 35.5 Å². The first-order valence-electron chi connectivity index (χ1n) is 15.4. The lowest BCUT2D eigenvalue weighted by Gasteiger charge is -2.57. The standard InChI is InChI=1S/C34H38N4/c1-2-7-35-29(6-1)27-4-3-5-28(14-27)30-36-31(33-15-21-8-22(16-33)10-23(9-21)17-33)38-32(37-30)34-18-24-11-25(19-34)13-26(12-24)20-34/h1-7,14,21-26H,8-13,15-20H2. The van der Waals surface area contributed by atoms with E-state index in [1.165, 1.54) is 77.0 Å². The van der Waals surface area contributed by atoms with E-state index in [9.17, 15) is 0 Å². The maximum absolute atomic E-state index is 5.58. The highest BCUT2D eigenvalue weighted by Crippen LogP contribution is 2.62. The highest BCUT2D eigenvalue weighted by Gasteiger charge is 2.56. The maximum atomic E-state index is 5.58. The summed E-state index contributed by atoms with van der Waals surface area (Å²) >= 11 is 0. The van der Waals surface area contributed by atoms with E-state index in [1.807, 2.05) is 12.3 Å². The Kier molecular flexibility index (Phi) is 4.65. The van der Waals surface area contributed by atoms with Gasteiger partial charge in [-0.15, -0.1) is 0 Å². The Morgan fingerprint density at radius 2 is 1.03 bits per heavy atom. The van der Waals surface area contributed by atoms with Crippen LogP contribution in [0.4, 0.5) is 0 Å². The van der Waals surface area contributed by atoms with E-state index >= 15 is 0 Å². The minimum Gasteiger partial charge on any atom is -0.256 e. The highest BCUT2D eigenvalue weighted by molar-refractivity contribution is 5.67. The van der Waals surface area contributed by atoms with Gasteiger partial charge in [-0.25, -0.2) is 15.0 Å². The van der Waals surface area contributed by atoms with Crippen LogP contribution in [0, 0.1) is 35.5 Å². The van der Waals surface area contributed by atoms with E-state index in [0.29, 0.717) is 0 Å². The van der Waals surface area contributed by atoms with Gasteiger partial charge in [0, 0.05) is 28.2 Å². The third kappa shape index (κ3) is 3.41. The van der Waals surface area contributed by atoms with E-state index < -0.39 is 0 Å². The van der Waals surface area contributed by atoms with E-state index in [1.54, 1.807) is 0 Å². The van der Waals surface area contributed by atoms with Gasteiger partial charge < -0.3 is 0 Å². The molecule has 8 fully saturated rings. The predicted octanol–water partition coefficient (Wildman–Crippen LogP) is 7.54. The molecule has 0 saturated heterocycles. The summed E-state index contributed by atoms with van der Waals surface area (Å²) in [5.74, 6) is 8.55. The number of hydrogen-bond acceptors (Lipinski definition) is 4. The molecular weight excluding hydrogens is 464 g/mol. The van der Waals surface area contributed by atoms with Crippen molar-refractivity contribution in [2.75, 3.05) is 0 Å². The molecule has 0 unspecified atom stereocenters. The van der Waals surface area contributed by atoms with Crippen LogP contribution in [0.3, 0.4) is 0 Å². The predicted molar refractivity (Wildman–Crippen MR) is 148 cm³/mol. The van der Waals surface area contributed by atoms with Crippen molar-refractivity contribution in [2.45, 2.75) is 87.9 Å². The zero-order chi connectivity index (χ0) is 24.9. The van der Waals surface area contributed by atoms with Crippen LogP contribution in [-0.2, 0) is 10.8 Å². The lowest BCUT2D eigenvalue weighted by molar-refractivity contribution is -0.0155. The monoisotopic (exact) mass is 502 g/mol. The molecule has 4 nitrogen and oxygen atoms in total. The van der Waals surface area contributed by atoms with E-state index in [2.05, 4.69) is 41.4 Å². The quantitative estimate of drug-likeness (QED) is 0.370. The van der Waals surface area contributed by atoms with Crippen LogP contribution in [0.1, 0.15) is 88.7 Å². The molecule has 0 atom stereocenters. The van der Waals surface area contributed by atoms with Gasteiger partial charge in [0.25, 0.3) is 0 Å². The minimum absolute atomic E-state index is 0.183. The molecule has 3 aromatic rings. The fourth-order valence-electron chi connectivity index (χ4n) is 11.1. The summed E-state index contributed by atoms with van der Waals surface area (Å²) in [6, 6.07) is 14.9. The zero-order valence-corrected chi connectivity index (χ0v) is 22.4. The van der Waals surface area contributed by atoms with Crippen LogP contribution in [0.2, 0.25) is 0 Å². The minimum atomic E-state index is 0.183. The molecule has 194 valence electrons. The molecule has 2 heterocycles. The van der Waals surface area contributed by atoms with Crippen molar-refractivity contribution in [1.82, 2.24) is 19.9 Å². The summed E-state index contributed by atoms with van der Waals surface area (Å²) in [7, 11) is 0. The Bertz CT molecular complexity index is 1260. The van der Waals surface area contributed by atoms with Crippen molar-refractivity contribution in [3.8, 4) is 22.6 Å². The summed E-state index contributed by atoms with van der Waals surface area (Å²) in [4.78, 5) is 21.0. The molecule has 8 saturated carbocycles.